The van der Waals surface area contributed by atoms with Crippen LogP contribution in [0.5, 0.6) is 0 Å². The summed E-state index contributed by atoms with van der Waals surface area (Å²) < 4.78 is 2.30. The fourth-order valence-corrected chi connectivity index (χ4v) is 5.38. The first-order chi connectivity index (χ1) is 14.8. The quantitative estimate of drug-likeness (QED) is 0.556. The number of carbonyl (C=O) groups excluding carboxylic acids is 1. The van der Waals surface area contributed by atoms with Gasteiger partial charge in [0.1, 0.15) is 0 Å². The lowest BCUT2D eigenvalue weighted by molar-refractivity contribution is 0.0503. The SMILES string of the molecule is O=C(c1ccccc1)N1C2CCC1C(n1cnc3cc(-c4cn[nH]c4)ccc31)CC2. The van der Waals surface area contributed by atoms with Crippen molar-refractivity contribution in [3.63, 3.8) is 0 Å². The zero-order chi connectivity index (χ0) is 20.1. The van der Waals surface area contributed by atoms with Crippen LogP contribution in [-0.4, -0.2) is 42.6 Å². The molecule has 6 heteroatoms. The summed E-state index contributed by atoms with van der Waals surface area (Å²) in [7, 11) is 0. The van der Waals surface area contributed by atoms with Gasteiger partial charge in [0.25, 0.3) is 5.91 Å². The number of hydrogen-bond acceptors (Lipinski definition) is 3. The van der Waals surface area contributed by atoms with Crippen molar-refractivity contribution >= 4 is 16.9 Å². The Labute approximate surface area is 174 Å². The molecule has 2 fully saturated rings. The molecule has 6 nitrogen and oxygen atoms in total. The van der Waals surface area contributed by atoms with E-state index >= 15 is 0 Å². The van der Waals surface area contributed by atoms with Gasteiger partial charge in [0, 0.05) is 23.4 Å². The van der Waals surface area contributed by atoms with Gasteiger partial charge < -0.3 is 9.47 Å². The van der Waals surface area contributed by atoms with Crippen molar-refractivity contribution < 1.29 is 4.79 Å². The van der Waals surface area contributed by atoms with Gasteiger partial charge in [-0.25, -0.2) is 4.98 Å². The highest BCUT2D eigenvalue weighted by molar-refractivity contribution is 5.95. The number of amides is 1. The number of carbonyl (C=O) groups is 1. The van der Waals surface area contributed by atoms with Crippen LogP contribution in [0.25, 0.3) is 22.2 Å². The summed E-state index contributed by atoms with van der Waals surface area (Å²) in [5, 5.41) is 6.91. The molecule has 2 bridgehead atoms. The van der Waals surface area contributed by atoms with E-state index < -0.39 is 0 Å². The molecular formula is C24H23N5O. The first kappa shape index (κ1) is 17.4. The number of fused-ring (bicyclic) bond motifs is 3. The van der Waals surface area contributed by atoms with Gasteiger partial charge in [0.2, 0.25) is 0 Å². The van der Waals surface area contributed by atoms with Gasteiger partial charge in [0.05, 0.1) is 35.6 Å². The van der Waals surface area contributed by atoms with Crippen molar-refractivity contribution in [3.05, 3.63) is 72.8 Å². The van der Waals surface area contributed by atoms with Gasteiger partial charge in [-0.15, -0.1) is 0 Å². The molecule has 2 aliphatic heterocycles. The van der Waals surface area contributed by atoms with E-state index in [1.54, 1.807) is 0 Å². The van der Waals surface area contributed by atoms with Crippen LogP contribution in [0.15, 0.2) is 67.3 Å². The zero-order valence-electron chi connectivity index (χ0n) is 16.6. The number of nitrogens with one attached hydrogen (secondary N) is 1. The van der Waals surface area contributed by atoms with Gasteiger partial charge in [-0.05, 0) is 55.5 Å². The first-order valence-electron chi connectivity index (χ1n) is 10.6. The summed E-state index contributed by atoms with van der Waals surface area (Å²) in [6, 6.07) is 16.9. The maximum absolute atomic E-state index is 13.3. The van der Waals surface area contributed by atoms with E-state index in [9.17, 15) is 4.79 Å². The predicted octanol–water partition coefficient (Wildman–Crippen LogP) is 4.43. The Hall–Kier alpha value is -3.41. The molecule has 3 unspecified atom stereocenters. The summed E-state index contributed by atoms with van der Waals surface area (Å²) >= 11 is 0. The van der Waals surface area contributed by atoms with Crippen molar-refractivity contribution in [1.82, 2.24) is 24.6 Å². The fourth-order valence-electron chi connectivity index (χ4n) is 5.38. The van der Waals surface area contributed by atoms with E-state index in [2.05, 4.69) is 37.9 Å². The summed E-state index contributed by atoms with van der Waals surface area (Å²) in [6.07, 6.45) is 9.96. The molecule has 6 rings (SSSR count). The van der Waals surface area contributed by atoms with E-state index in [1.807, 2.05) is 49.1 Å². The third-order valence-corrected chi connectivity index (χ3v) is 6.81. The highest BCUT2D eigenvalue weighted by atomic mass is 16.2. The Morgan fingerprint density at radius 3 is 2.60 bits per heavy atom. The zero-order valence-corrected chi connectivity index (χ0v) is 16.6. The van der Waals surface area contributed by atoms with Crippen LogP contribution in [0.3, 0.4) is 0 Å². The molecule has 2 aromatic heterocycles. The molecule has 1 amide bonds. The number of aromatic amines is 1. The van der Waals surface area contributed by atoms with E-state index in [0.29, 0.717) is 6.04 Å². The van der Waals surface area contributed by atoms with Crippen molar-refractivity contribution in [2.75, 3.05) is 0 Å². The molecule has 0 spiro atoms. The summed E-state index contributed by atoms with van der Waals surface area (Å²) in [4.78, 5) is 20.2. The monoisotopic (exact) mass is 397 g/mol. The molecule has 4 heterocycles. The Morgan fingerprint density at radius 1 is 0.967 bits per heavy atom. The van der Waals surface area contributed by atoms with Crippen molar-refractivity contribution in [2.45, 2.75) is 43.8 Å². The normalized spacial score (nSPS) is 23.2. The molecular weight excluding hydrogens is 374 g/mol. The van der Waals surface area contributed by atoms with Crippen molar-refractivity contribution in [2.24, 2.45) is 0 Å². The van der Waals surface area contributed by atoms with E-state index in [1.165, 1.54) is 0 Å². The molecule has 4 aromatic rings. The lowest BCUT2D eigenvalue weighted by Gasteiger charge is -2.41. The lowest BCUT2D eigenvalue weighted by Crippen LogP contribution is -2.48. The molecule has 2 saturated heterocycles. The highest BCUT2D eigenvalue weighted by Crippen LogP contribution is 2.43. The van der Waals surface area contributed by atoms with E-state index in [0.717, 1.165) is 53.4 Å². The number of benzene rings is 2. The first-order valence-corrected chi connectivity index (χ1v) is 10.6. The second kappa shape index (κ2) is 6.83. The van der Waals surface area contributed by atoms with Gasteiger partial charge >= 0.3 is 0 Å². The number of aromatic nitrogens is 4. The average Bonchev–Trinajstić information content (AvgIpc) is 3.53. The summed E-state index contributed by atoms with van der Waals surface area (Å²) in [5.41, 5.74) is 5.06. The highest BCUT2D eigenvalue weighted by Gasteiger charge is 2.45. The maximum atomic E-state index is 13.3. The van der Waals surface area contributed by atoms with Crippen LogP contribution in [-0.2, 0) is 0 Å². The topological polar surface area (TPSA) is 66.8 Å². The summed E-state index contributed by atoms with van der Waals surface area (Å²) in [6.45, 7) is 0. The van der Waals surface area contributed by atoms with Crippen LogP contribution < -0.4 is 0 Å². The molecule has 0 aliphatic carbocycles. The Kier molecular flexibility index (Phi) is 3.97. The molecule has 3 atom stereocenters. The van der Waals surface area contributed by atoms with Crippen LogP contribution >= 0.6 is 0 Å². The number of piperidine rings is 1. The molecule has 2 aliphatic rings. The number of H-pyrrole nitrogens is 1. The average molecular weight is 397 g/mol. The predicted molar refractivity (Wildman–Crippen MR) is 115 cm³/mol. The second-order valence-corrected chi connectivity index (χ2v) is 8.36. The maximum Gasteiger partial charge on any atom is 0.254 e. The smallest absolute Gasteiger partial charge is 0.254 e. The lowest BCUT2D eigenvalue weighted by atomic mass is 9.95. The Bertz CT molecular complexity index is 1200. The number of nitrogens with zero attached hydrogens (tertiary/aromatic N) is 4. The van der Waals surface area contributed by atoms with Crippen molar-refractivity contribution in [3.8, 4) is 11.1 Å². The number of imidazole rings is 1. The molecule has 2 aromatic carbocycles. The van der Waals surface area contributed by atoms with Gasteiger partial charge in [-0.1, -0.05) is 24.3 Å². The minimum absolute atomic E-state index is 0.166. The van der Waals surface area contributed by atoms with E-state index in [4.69, 9.17) is 4.98 Å². The minimum atomic E-state index is 0.166. The van der Waals surface area contributed by atoms with Crippen molar-refractivity contribution in [1.29, 1.82) is 0 Å². The third kappa shape index (κ3) is 2.67. The minimum Gasteiger partial charge on any atom is -0.331 e. The summed E-state index contributed by atoms with van der Waals surface area (Å²) in [5.74, 6) is 0.166. The number of hydrogen-bond donors (Lipinski definition) is 1. The standard InChI is InChI=1S/C24H23N5O/c30-24(16-4-2-1-3-5-16)29-19-7-10-22(23(29)11-8-19)28-15-25-20-12-17(6-9-21(20)28)18-13-26-27-14-18/h1-6,9,12-15,19,22-23H,7-8,10-11H2,(H,26,27). The Morgan fingerprint density at radius 2 is 1.80 bits per heavy atom. The third-order valence-electron chi connectivity index (χ3n) is 6.81. The molecule has 0 radical (unpaired) electrons. The molecule has 1 N–H and O–H groups in total. The fraction of sp³-hybridized carbons (Fsp3) is 0.292. The number of rotatable bonds is 3. The van der Waals surface area contributed by atoms with Crippen LogP contribution in [0.4, 0.5) is 0 Å². The van der Waals surface area contributed by atoms with E-state index in [-0.39, 0.29) is 18.0 Å². The largest absolute Gasteiger partial charge is 0.331 e. The molecule has 150 valence electrons. The van der Waals surface area contributed by atoms with Crippen LogP contribution in [0, 0.1) is 0 Å². The van der Waals surface area contributed by atoms with Gasteiger partial charge in [0.15, 0.2) is 0 Å². The molecule has 30 heavy (non-hydrogen) atoms. The van der Waals surface area contributed by atoms with Gasteiger partial charge in [-0.3, -0.25) is 9.89 Å². The van der Waals surface area contributed by atoms with Crippen LogP contribution in [0.1, 0.15) is 42.1 Å². The molecule has 0 saturated carbocycles. The second-order valence-electron chi connectivity index (χ2n) is 8.36. The Balaban J connectivity index is 1.35. The van der Waals surface area contributed by atoms with Gasteiger partial charge in [-0.2, -0.15) is 5.10 Å². The van der Waals surface area contributed by atoms with Crippen LogP contribution in [0.2, 0.25) is 0 Å².